The van der Waals surface area contributed by atoms with Gasteiger partial charge in [-0.1, -0.05) is 41.1 Å². The summed E-state index contributed by atoms with van der Waals surface area (Å²) < 4.78 is 1.07. The fourth-order valence-electron chi connectivity index (χ4n) is 2.14. The Morgan fingerprint density at radius 1 is 1.21 bits per heavy atom. The normalized spacial score (nSPS) is 11.4. The molecule has 0 heterocycles. The van der Waals surface area contributed by atoms with Gasteiger partial charge in [-0.15, -0.1) is 24.2 Å². The van der Waals surface area contributed by atoms with Gasteiger partial charge in [0.15, 0.2) is 0 Å². The summed E-state index contributed by atoms with van der Waals surface area (Å²) in [5, 5.41) is 3.32. The Labute approximate surface area is 162 Å². The van der Waals surface area contributed by atoms with Gasteiger partial charge in [0.05, 0.1) is 0 Å². The van der Waals surface area contributed by atoms with E-state index in [1.807, 2.05) is 36.4 Å². The monoisotopic (exact) mass is 428 g/mol. The van der Waals surface area contributed by atoms with Gasteiger partial charge in [-0.05, 0) is 42.3 Å². The number of carbonyl (C=O) groups excluding carboxylic acids is 1. The summed E-state index contributed by atoms with van der Waals surface area (Å²) in [6, 6.07) is 15.9. The third kappa shape index (κ3) is 7.16. The van der Waals surface area contributed by atoms with Crippen LogP contribution in [0.1, 0.15) is 18.9 Å². The number of rotatable bonds is 7. The minimum Gasteiger partial charge on any atom is -0.399 e. The third-order valence-corrected chi connectivity index (χ3v) is 5.06. The zero-order chi connectivity index (χ0) is 16.7. The first-order chi connectivity index (χ1) is 11.0. The summed E-state index contributed by atoms with van der Waals surface area (Å²) in [5.41, 5.74) is 7.66. The van der Waals surface area contributed by atoms with Crippen LogP contribution in [0.15, 0.2) is 57.9 Å². The number of hydrogen-bond donors (Lipinski definition) is 2. The maximum absolute atomic E-state index is 12.0. The van der Waals surface area contributed by atoms with Gasteiger partial charge in [-0.2, -0.15) is 0 Å². The van der Waals surface area contributed by atoms with Crippen LogP contribution in [0.25, 0.3) is 0 Å². The van der Waals surface area contributed by atoms with Crippen LogP contribution in [0.5, 0.6) is 0 Å². The van der Waals surface area contributed by atoms with E-state index in [-0.39, 0.29) is 18.3 Å². The molecule has 0 saturated carbocycles. The van der Waals surface area contributed by atoms with Crippen LogP contribution in [0.3, 0.4) is 0 Å². The van der Waals surface area contributed by atoms with Gasteiger partial charge in [0.1, 0.15) is 0 Å². The number of nitrogens with two attached hydrogens (primary N) is 1. The van der Waals surface area contributed by atoms with Gasteiger partial charge in [0.25, 0.3) is 0 Å². The van der Waals surface area contributed by atoms with Crippen LogP contribution >= 0.6 is 40.1 Å². The maximum Gasteiger partial charge on any atom is 0.220 e. The SMILES string of the molecule is CC(CNC(=O)CCc1ccccc1N)Sc1ccc(Br)cc1.Cl. The van der Waals surface area contributed by atoms with Crippen molar-refractivity contribution in [2.24, 2.45) is 0 Å². The van der Waals surface area contributed by atoms with Crippen molar-refractivity contribution >= 4 is 51.7 Å². The maximum atomic E-state index is 12.0. The molecule has 0 fully saturated rings. The lowest BCUT2D eigenvalue weighted by Crippen LogP contribution is -2.29. The first kappa shape index (κ1) is 20.9. The van der Waals surface area contributed by atoms with Crippen LogP contribution in [0.2, 0.25) is 0 Å². The average Bonchev–Trinajstić information content (AvgIpc) is 2.54. The number of carbonyl (C=O) groups is 1. The number of thioether (sulfide) groups is 1. The van der Waals surface area contributed by atoms with E-state index < -0.39 is 0 Å². The first-order valence-corrected chi connectivity index (χ1v) is 9.24. The molecule has 3 nitrogen and oxygen atoms in total. The molecule has 1 amide bonds. The van der Waals surface area contributed by atoms with Crippen molar-refractivity contribution in [1.82, 2.24) is 5.32 Å². The molecule has 0 aliphatic heterocycles. The summed E-state index contributed by atoms with van der Waals surface area (Å²) in [4.78, 5) is 13.2. The molecule has 1 atom stereocenters. The Balaban J connectivity index is 0.00000288. The minimum absolute atomic E-state index is 0. The second-order valence-electron chi connectivity index (χ2n) is 5.39. The van der Waals surface area contributed by atoms with E-state index in [2.05, 4.69) is 40.3 Å². The lowest BCUT2D eigenvalue weighted by Gasteiger charge is -2.13. The van der Waals surface area contributed by atoms with Crippen LogP contribution < -0.4 is 11.1 Å². The van der Waals surface area contributed by atoms with E-state index in [1.54, 1.807) is 11.8 Å². The Hall–Kier alpha value is -1.17. The molecule has 0 aromatic heterocycles. The predicted molar refractivity (Wildman–Crippen MR) is 109 cm³/mol. The number of hydrogen-bond acceptors (Lipinski definition) is 3. The molecule has 6 heteroatoms. The Bertz CT molecular complexity index is 652. The highest BCUT2D eigenvalue weighted by atomic mass is 79.9. The topological polar surface area (TPSA) is 55.1 Å². The molecule has 0 spiro atoms. The second-order valence-corrected chi connectivity index (χ2v) is 7.81. The number of aryl methyl sites for hydroxylation is 1. The molecule has 0 saturated heterocycles. The fraction of sp³-hybridized carbons (Fsp3) is 0.278. The highest BCUT2D eigenvalue weighted by Crippen LogP contribution is 2.24. The summed E-state index contributed by atoms with van der Waals surface area (Å²) >= 11 is 5.18. The summed E-state index contributed by atoms with van der Waals surface area (Å²) in [5.74, 6) is 0.0662. The molecule has 3 N–H and O–H groups in total. The van der Waals surface area contributed by atoms with Crippen molar-refractivity contribution in [1.29, 1.82) is 0 Å². The van der Waals surface area contributed by atoms with Crippen molar-refractivity contribution in [2.45, 2.75) is 29.9 Å². The Kier molecular flexibility index (Phi) is 9.26. The molecule has 0 aliphatic carbocycles. The lowest BCUT2D eigenvalue weighted by atomic mass is 10.1. The van der Waals surface area contributed by atoms with Crippen molar-refractivity contribution < 1.29 is 4.79 Å². The fourth-order valence-corrected chi connectivity index (χ4v) is 3.33. The number of amides is 1. The Morgan fingerprint density at radius 2 is 1.88 bits per heavy atom. The summed E-state index contributed by atoms with van der Waals surface area (Å²) in [7, 11) is 0. The Morgan fingerprint density at radius 3 is 2.54 bits per heavy atom. The van der Waals surface area contributed by atoms with E-state index >= 15 is 0 Å². The molecular formula is C18H22BrClN2OS. The van der Waals surface area contributed by atoms with Crippen molar-refractivity contribution in [2.75, 3.05) is 12.3 Å². The van der Waals surface area contributed by atoms with E-state index in [0.717, 1.165) is 15.7 Å². The molecule has 130 valence electrons. The second kappa shape index (κ2) is 10.6. The van der Waals surface area contributed by atoms with Gasteiger partial charge < -0.3 is 11.1 Å². The van der Waals surface area contributed by atoms with Gasteiger partial charge >= 0.3 is 0 Å². The highest BCUT2D eigenvalue weighted by molar-refractivity contribution is 9.10. The summed E-state index contributed by atoms with van der Waals surface area (Å²) in [6.07, 6.45) is 1.14. The molecule has 0 aliphatic rings. The van der Waals surface area contributed by atoms with Crippen molar-refractivity contribution in [3.8, 4) is 0 Å². The standard InChI is InChI=1S/C18H21BrN2OS.ClH/c1-13(23-16-9-7-15(19)8-10-16)12-21-18(22)11-6-14-4-2-3-5-17(14)20;/h2-5,7-10,13H,6,11-12,20H2,1H3,(H,21,22);1H. The molecule has 0 radical (unpaired) electrons. The zero-order valence-electron chi connectivity index (χ0n) is 13.5. The molecule has 0 bridgehead atoms. The van der Waals surface area contributed by atoms with Gasteiger partial charge in [-0.25, -0.2) is 0 Å². The molecule has 24 heavy (non-hydrogen) atoms. The van der Waals surface area contributed by atoms with Crippen LogP contribution in [-0.4, -0.2) is 17.7 Å². The van der Waals surface area contributed by atoms with Crippen molar-refractivity contribution in [3.05, 3.63) is 58.6 Å². The zero-order valence-corrected chi connectivity index (χ0v) is 16.7. The summed E-state index contributed by atoms with van der Waals surface area (Å²) in [6.45, 7) is 2.77. The van der Waals surface area contributed by atoms with E-state index in [4.69, 9.17) is 5.73 Å². The molecule has 2 rings (SSSR count). The van der Waals surface area contributed by atoms with Gasteiger partial charge in [0, 0.05) is 33.3 Å². The predicted octanol–water partition coefficient (Wildman–Crippen LogP) is 4.68. The molecule has 2 aromatic carbocycles. The number of benzene rings is 2. The highest BCUT2D eigenvalue weighted by Gasteiger charge is 2.08. The number of para-hydroxylation sites is 1. The minimum atomic E-state index is 0. The van der Waals surface area contributed by atoms with E-state index in [1.165, 1.54) is 4.90 Å². The van der Waals surface area contributed by atoms with Gasteiger partial charge in [-0.3, -0.25) is 4.79 Å². The number of halogens is 2. The van der Waals surface area contributed by atoms with Crippen molar-refractivity contribution in [3.63, 3.8) is 0 Å². The number of nitrogens with one attached hydrogen (secondary N) is 1. The first-order valence-electron chi connectivity index (χ1n) is 7.57. The van der Waals surface area contributed by atoms with Crippen LogP contribution in [0, 0.1) is 0 Å². The largest absolute Gasteiger partial charge is 0.399 e. The lowest BCUT2D eigenvalue weighted by molar-refractivity contribution is -0.121. The molecular weight excluding hydrogens is 408 g/mol. The van der Waals surface area contributed by atoms with E-state index in [9.17, 15) is 4.79 Å². The smallest absolute Gasteiger partial charge is 0.220 e. The molecule has 2 aromatic rings. The quantitative estimate of drug-likeness (QED) is 0.496. The third-order valence-electron chi connectivity index (χ3n) is 3.41. The molecule has 1 unspecified atom stereocenters. The average molecular weight is 430 g/mol. The number of nitrogen functional groups attached to an aromatic ring is 1. The van der Waals surface area contributed by atoms with Crippen LogP contribution in [-0.2, 0) is 11.2 Å². The number of anilines is 1. The van der Waals surface area contributed by atoms with E-state index in [0.29, 0.717) is 24.6 Å². The van der Waals surface area contributed by atoms with Crippen LogP contribution in [0.4, 0.5) is 5.69 Å². The van der Waals surface area contributed by atoms with Gasteiger partial charge in [0.2, 0.25) is 5.91 Å².